The highest BCUT2D eigenvalue weighted by atomic mass is 16.6. The van der Waals surface area contributed by atoms with E-state index in [0.717, 1.165) is 5.56 Å². The third kappa shape index (κ3) is 3.95. The highest BCUT2D eigenvalue weighted by molar-refractivity contribution is 6.04. The van der Waals surface area contributed by atoms with Gasteiger partial charge in [0.25, 0.3) is 11.6 Å². The average Bonchev–Trinajstić information content (AvgIpc) is 2.70. The van der Waals surface area contributed by atoms with E-state index < -0.39 is 16.9 Å². The smallest absolute Gasteiger partial charge is 0.271 e. The number of hydrogen-bond acceptors (Lipinski definition) is 5. The molecule has 0 radical (unpaired) electrons. The van der Waals surface area contributed by atoms with Crippen LogP contribution in [0.25, 0.3) is 0 Å². The van der Waals surface area contributed by atoms with Crippen LogP contribution in [0.3, 0.4) is 0 Å². The molecular weight excluding hydrogens is 362 g/mol. The van der Waals surface area contributed by atoms with Crippen molar-refractivity contribution in [3.05, 3.63) is 64.2 Å². The molecule has 0 aliphatic carbocycles. The first-order valence-corrected chi connectivity index (χ1v) is 9.01. The molecule has 2 atom stereocenters. The first-order chi connectivity index (χ1) is 13.4. The van der Waals surface area contributed by atoms with Crippen molar-refractivity contribution in [2.75, 3.05) is 11.4 Å². The summed E-state index contributed by atoms with van der Waals surface area (Å²) in [5, 5.41) is 14.0. The largest absolute Gasteiger partial charge is 0.478 e. The molecule has 0 saturated carbocycles. The molecule has 2 aromatic rings. The molecular formula is C20H21N3O5. The molecule has 28 heavy (non-hydrogen) atoms. The van der Waals surface area contributed by atoms with Crippen molar-refractivity contribution in [1.29, 1.82) is 0 Å². The van der Waals surface area contributed by atoms with Crippen LogP contribution in [0.15, 0.2) is 48.5 Å². The number of ether oxygens (including phenoxy) is 1. The van der Waals surface area contributed by atoms with E-state index in [1.807, 2.05) is 37.3 Å². The predicted molar refractivity (Wildman–Crippen MR) is 103 cm³/mol. The lowest BCUT2D eigenvalue weighted by Crippen LogP contribution is -2.49. The van der Waals surface area contributed by atoms with Gasteiger partial charge in [-0.2, -0.15) is 0 Å². The number of non-ortho nitro benzene ring substituents is 1. The lowest BCUT2D eigenvalue weighted by molar-refractivity contribution is -0.384. The van der Waals surface area contributed by atoms with E-state index >= 15 is 0 Å². The summed E-state index contributed by atoms with van der Waals surface area (Å²) in [4.78, 5) is 37.1. The van der Waals surface area contributed by atoms with Gasteiger partial charge >= 0.3 is 0 Å². The van der Waals surface area contributed by atoms with Crippen molar-refractivity contribution in [3.8, 4) is 5.75 Å². The van der Waals surface area contributed by atoms with Crippen molar-refractivity contribution in [1.82, 2.24) is 5.32 Å². The zero-order valence-corrected chi connectivity index (χ0v) is 15.6. The van der Waals surface area contributed by atoms with Gasteiger partial charge in [0.05, 0.1) is 16.7 Å². The fourth-order valence-electron chi connectivity index (χ4n) is 3.10. The highest BCUT2D eigenvalue weighted by Gasteiger charge is 2.35. The van der Waals surface area contributed by atoms with Gasteiger partial charge in [-0.1, -0.05) is 37.3 Å². The maximum Gasteiger partial charge on any atom is 0.271 e. The predicted octanol–water partition coefficient (Wildman–Crippen LogP) is 2.98. The molecule has 1 aliphatic rings. The molecule has 1 heterocycles. The van der Waals surface area contributed by atoms with Crippen LogP contribution in [-0.2, 0) is 9.59 Å². The maximum atomic E-state index is 12.7. The van der Waals surface area contributed by atoms with E-state index in [4.69, 9.17) is 4.74 Å². The monoisotopic (exact) mass is 383 g/mol. The minimum absolute atomic E-state index is 0.173. The second-order valence-electron chi connectivity index (χ2n) is 6.55. The second-order valence-corrected chi connectivity index (χ2v) is 6.55. The van der Waals surface area contributed by atoms with Crippen LogP contribution >= 0.6 is 0 Å². The number of benzene rings is 2. The third-order valence-corrected chi connectivity index (χ3v) is 4.60. The van der Waals surface area contributed by atoms with Crippen LogP contribution in [0.4, 0.5) is 11.4 Å². The van der Waals surface area contributed by atoms with E-state index in [-0.39, 0.29) is 29.9 Å². The molecule has 0 bridgehead atoms. The summed E-state index contributed by atoms with van der Waals surface area (Å²) in [6.07, 6.45) is -0.304. The van der Waals surface area contributed by atoms with E-state index in [1.54, 1.807) is 6.92 Å². The topological polar surface area (TPSA) is 102 Å². The van der Waals surface area contributed by atoms with Gasteiger partial charge in [0.2, 0.25) is 5.91 Å². The van der Waals surface area contributed by atoms with Gasteiger partial charge in [0.1, 0.15) is 12.3 Å². The molecule has 2 unspecified atom stereocenters. The minimum Gasteiger partial charge on any atom is -0.478 e. The van der Waals surface area contributed by atoms with Crippen LogP contribution in [0, 0.1) is 10.1 Å². The standard InChI is InChI=1S/C20H21N3O5/c1-3-17-20(25)22(16-11-15(23(26)27)9-10-18(16)28-17)12-19(24)21-13(2)14-7-5-4-6-8-14/h4-11,13,17H,3,12H2,1-2H3,(H,21,24). The zero-order valence-electron chi connectivity index (χ0n) is 15.6. The van der Waals surface area contributed by atoms with E-state index in [2.05, 4.69) is 5.32 Å². The van der Waals surface area contributed by atoms with Crippen LogP contribution in [0.2, 0.25) is 0 Å². The molecule has 2 aromatic carbocycles. The van der Waals surface area contributed by atoms with Crippen molar-refractivity contribution in [2.24, 2.45) is 0 Å². The minimum atomic E-state index is -0.728. The third-order valence-electron chi connectivity index (χ3n) is 4.60. The van der Waals surface area contributed by atoms with Crippen molar-refractivity contribution in [2.45, 2.75) is 32.4 Å². The number of amides is 2. The number of carbonyl (C=O) groups excluding carboxylic acids is 2. The molecule has 1 N–H and O–H groups in total. The Balaban J connectivity index is 1.83. The van der Waals surface area contributed by atoms with Gasteiger partial charge in [-0.15, -0.1) is 0 Å². The van der Waals surface area contributed by atoms with Crippen molar-refractivity contribution in [3.63, 3.8) is 0 Å². The lowest BCUT2D eigenvalue weighted by Gasteiger charge is -2.33. The normalized spacial score (nSPS) is 16.7. The molecule has 1 aliphatic heterocycles. The molecule has 2 amide bonds. The summed E-state index contributed by atoms with van der Waals surface area (Å²) >= 11 is 0. The Hall–Kier alpha value is -3.42. The Morgan fingerprint density at radius 2 is 2.00 bits per heavy atom. The molecule has 0 aromatic heterocycles. The molecule has 146 valence electrons. The number of hydrogen-bond donors (Lipinski definition) is 1. The van der Waals surface area contributed by atoms with E-state index in [0.29, 0.717) is 12.2 Å². The Kier molecular flexibility index (Phi) is 5.58. The SMILES string of the molecule is CCC1Oc2ccc([N+](=O)[O-])cc2N(CC(=O)NC(C)c2ccccc2)C1=O. The summed E-state index contributed by atoms with van der Waals surface area (Å²) in [5.41, 5.74) is 0.992. The molecule has 8 nitrogen and oxygen atoms in total. The lowest BCUT2D eigenvalue weighted by atomic mass is 10.1. The number of anilines is 1. The van der Waals surface area contributed by atoms with Gasteiger partial charge in [-0.25, -0.2) is 0 Å². The van der Waals surface area contributed by atoms with Crippen LogP contribution in [0.5, 0.6) is 5.75 Å². The number of nitrogens with zero attached hydrogens (tertiary/aromatic N) is 2. The number of rotatable bonds is 6. The highest BCUT2D eigenvalue weighted by Crippen LogP contribution is 2.37. The number of nitro benzene ring substituents is 1. The Labute approximate surface area is 162 Å². The molecule has 0 saturated heterocycles. The zero-order chi connectivity index (χ0) is 20.3. The quantitative estimate of drug-likeness (QED) is 0.610. The Morgan fingerprint density at radius 1 is 1.29 bits per heavy atom. The fraction of sp³-hybridized carbons (Fsp3) is 0.300. The number of nitrogens with one attached hydrogen (secondary N) is 1. The average molecular weight is 383 g/mol. The number of carbonyl (C=O) groups is 2. The van der Waals surface area contributed by atoms with Gasteiger partial charge in [0.15, 0.2) is 6.10 Å². The molecule has 3 rings (SSSR count). The maximum absolute atomic E-state index is 12.7. The van der Waals surface area contributed by atoms with Gasteiger partial charge in [-0.05, 0) is 25.0 Å². The number of nitro groups is 1. The summed E-state index contributed by atoms with van der Waals surface area (Å²) in [5.74, 6) is -0.405. The molecule has 8 heteroatoms. The first kappa shape index (κ1) is 19.3. The van der Waals surface area contributed by atoms with Gasteiger partial charge < -0.3 is 10.1 Å². The fourth-order valence-corrected chi connectivity index (χ4v) is 3.10. The Bertz CT molecular complexity index is 900. The second kappa shape index (κ2) is 8.08. The summed E-state index contributed by atoms with van der Waals surface area (Å²) in [7, 11) is 0. The Morgan fingerprint density at radius 3 is 2.64 bits per heavy atom. The van der Waals surface area contributed by atoms with Crippen molar-refractivity contribution >= 4 is 23.2 Å². The van der Waals surface area contributed by atoms with Gasteiger partial charge in [0, 0.05) is 12.1 Å². The van der Waals surface area contributed by atoms with Crippen molar-refractivity contribution < 1.29 is 19.2 Å². The molecule has 0 spiro atoms. The summed E-state index contributed by atoms with van der Waals surface area (Å²) in [6.45, 7) is 3.40. The first-order valence-electron chi connectivity index (χ1n) is 9.01. The van der Waals surface area contributed by atoms with Crippen LogP contribution < -0.4 is 15.0 Å². The molecule has 0 fully saturated rings. The number of fused-ring (bicyclic) bond motifs is 1. The summed E-state index contributed by atoms with van der Waals surface area (Å²) in [6, 6.07) is 13.2. The van der Waals surface area contributed by atoms with E-state index in [1.165, 1.54) is 23.1 Å². The van der Waals surface area contributed by atoms with Crippen LogP contribution in [0.1, 0.15) is 31.9 Å². The van der Waals surface area contributed by atoms with Gasteiger partial charge in [-0.3, -0.25) is 24.6 Å². The van der Waals surface area contributed by atoms with E-state index in [9.17, 15) is 19.7 Å². The van der Waals surface area contributed by atoms with Crippen LogP contribution in [-0.4, -0.2) is 29.4 Å². The summed E-state index contributed by atoms with van der Waals surface area (Å²) < 4.78 is 5.64.